The lowest BCUT2D eigenvalue weighted by Crippen LogP contribution is -2.21. The van der Waals surface area contributed by atoms with E-state index in [0.29, 0.717) is 50.2 Å². The van der Waals surface area contributed by atoms with Crippen LogP contribution in [0, 0.1) is 0 Å². The van der Waals surface area contributed by atoms with Crippen LogP contribution in [-0.2, 0) is 33.2 Å². The monoisotopic (exact) mass is 596 g/mol. The predicted octanol–water partition coefficient (Wildman–Crippen LogP) is -1.06. The molecule has 0 aromatic rings. The second-order valence-corrected chi connectivity index (χ2v) is 8.81. The molecular formula is C25H53ClO13. The molecular weight excluding hydrogens is 544 g/mol. The number of hydrogen-bond acceptors (Lipinski definition) is 13. The van der Waals surface area contributed by atoms with E-state index < -0.39 is 12.2 Å². The van der Waals surface area contributed by atoms with Gasteiger partial charge in [0.05, 0.1) is 71.4 Å². The molecule has 3 heterocycles. The zero-order valence-electron chi connectivity index (χ0n) is 22.2. The second-order valence-electron chi connectivity index (χ2n) is 8.50. The number of aliphatic hydroxyl groups excluding tert-OH is 6. The summed E-state index contributed by atoms with van der Waals surface area (Å²) in [6.45, 7) is 6.28. The van der Waals surface area contributed by atoms with Crippen LogP contribution in [0.3, 0.4) is 0 Å². The molecule has 0 saturated carbocycles. The number of epoxide rings is 3. The molecule has 0 amide bonds. The molecule has 13 nitrogen and oxygen atoms in total. The van der Waals surface area contributed by atoms with Crippen LogP contribution >= 0.6 is 11.6 Å². The Morgan fingerprint density at radius 2 is 0.974 bits per heavy atom. The van der Waals surface area contributed by atoms with E-state index in [-0.39, 0.29) is 47.1 Å². The quantitative estimate of drug-likeness (QED) is 0.0533. The van der Waals surface area contributed by atoms with Gasteiger partial charge in [-0.25, -0.2) is 0 Å². The van der Waals surface area contributed by atoms with Crippen LogP contribution in [0.2, 0.25) is 0 Å². The Morgan fingerprint density at radius 1 is 0.615 bits per heavy atom. The molecule has 3 rings (SSSR count). The molecule has 5 atom stereocenters. The first-order chi connectivity index (χ1) is 18.5. The average molecular weight is 597 g/mol. The summed E-state index contributed by atoms with van der Waals surface area (Å²) in [6.07, 6.45) is 1.58. The van der Waals surface area contributed by atoms with E-state index in [9.17, 15) is 0 Å². The third kappa shape index (κ3) is 35.7. The van der Waals surface area contributed by atoms with Gasteiger partial charge in [-0.1, -0.05) is 7.43 Å². The van der Waals surface area contributed by atoms with Crippen LogP contribution < -0.4 is 0 Å². The zero-order chi connectivity index (χ0) is 28.3. The second kappa shape index (κ2) is 30.7. The fraction of sp³-hybridized carbons (Fsp3) is 1.00. The van der Waals surface area contributed by atoms with Crippen LogP contribution in [0.5, 0.6) is 0 Å². The third-order valence-electron chi connectivity index (χ3n) is 4.50. The Kier molecular flexibility index (Phi) is 32.2. The van der Waals surface area contributed by atoms with Gasteiger partial charge in [-0.15, -0.1) is 11.6 Å². The van der Waals surface area contributed by atoms with E-state index in [0.717, 1.165) is 52.7 Å². The molecule has 39 heavy (non-hydrogen) atoms. The minimum Gasteiger partial charge on any atom is -0.396 e. The molecule has 0 spiro atoms. The van der Waals surface area contributed by atoms with Gasteiger partial charge in [0, 0.05) is 39.6 Å². The Labute approximate surface area is 237 Å². The maximum atomic E-state index is 8.90. The van der Waals surface area contributed by atoms with Crippen molar-refractivity contribution in [1.82, 2.24) is 0 Å². The summed E-state index contributed by atoms with van der Waals surface area (Å²) in [5.74, 6) is 0.667. The fourth-order valence-corrected chi connectivity index (χ4v) is 2.23. The summed E-state index contributed by atoms with van der Waals surface area (Å²) in [5, 5.41) is 50.5. The highest BCUT2D eigenvalue weighted by atomic mass is 35.5. The maximum absolute atomic E-state index is 8.90. The topological polar surface area (TPSA) is 196 Å². The largest absolute Gasteiger partial charge is 0.396 e. The van der Waals surface area contributed by atoms with Gasteiger partial charge in [0.1, 0.15) is 24.4 Å². The molecule has 0 radical (unpaired) electrons. The molecule has 0 aromatic heterocycles. The lowest BCUT2D eigenvalue weighted by Gasteiger charge is -2.09. The Balaban J connectivity index is 0. The highest BCUT2D eigenvalue weighted by molar-refractivity contribution is 6.18. The van der Waals surface area contributed by atoms with Gasteiger partial charge in [-0.3, -0.25) is 0 Å². The van der Waals surface area contributed by atoms with Crippen molar-refractivity contribution in [3.05, 3.63) is 0 Å². The highest BCUT2D eigenvalue weighted by Gasteiger charge is 2.23. The van der Waals surface area contributed by atoms with Gasteiger partial charge in [-0.2, -0.15) is 0 Å². The van der Waals surface area contributed by atoms with E-state index >= 15 is 0 Å². The Morgan fingerprint density at radius 3 is 1.21 bits per heavy atom. The standard InChI is InChI=1S/C9H20O6.C9H16O4.C3H5ClO.C3H8O2.CH4/c10-4-8(12)6-14-2-1-3-15-7-9(13)5-11;1(2-10-4-8-6-12-8)3-11-5-9-7-13-9;4-1-3-2-5-3;4-2-1-3-5;/h8-13H,1-7H2;8-9H,1-7H2;3H,1-2H2;4-5H,1-3H2;1H4. The fourth-order valence-electron chi connectivity index (χ4n) is 2.06. The van der Waals surface area contributed by atoms with Crippen molar-refractivity contribution in [3.8, 4) is 0 Å². The number of hydrogen-bond donors (Lipinski definition) is 6. The van der Waals surface area contributed by atoms with Gasteiger partial charge in [0.15, 0.2) is 0 Å². The van der Waals surface area contributed by atoms with Crippen molar-refractivity contribution < 1.29 is 63.8 Å². The van der Waals surface area contributed by atoms with Crippen LogP contribution in [0.4, 0.5) is 0 Å². The van der Waals surface area contributed by atoms with Gasteiger partial charge < -0.3 is 63.8 Å². The van der Waals surface area contributed by atoms with Crippen LogP contribution in [0.1, 0.15) is 26.7 Å². The molecule has 0 aromatic carbocycles. The summed E-state index contributed by atoms with van der Waals surface area (Å²) >= 11 is 5.27. The Bertz CT molecular complexity index is 437. The molecule has 0 bridgehead atoms. The minimum atomic E-state index is -0.831. The van der Waals surface area contributed by atoms with Crippen molar-refractivity contribution >= 4 is 11.6 Å². The zero-order valence-corrected chi connectivity index (χ0v) is 23.0. The molecule has 3 fully saturated rings. The average Bonchev–Trinajstić information content (AvgIpc) is 3.79. The van der Waals surface area contributed by atoms with Crippen molar-refractivity contribution in [1.29, 1.82) is 0 Å². The predicted molar refractivity (Wildman–Crippen MR) is 144 cm³/mol. The van der Waals surface area contributed by atoms with Crippen molar-refractivity contribution in [2.24, 2.45) is 0 Å². The van der Waals surface area contributed by atoms with Gasteiger partial charge in [0.2, 0.25) is 0 Å². The van der Waals surface area contributed by atoms with Crippen LogP contribution in [-0.4, -0.2) is 166 Å². The van der Waals surface area contributed by atoms with E-state index in [1.54, 1.807) is 0 Å². The van der Waals surface area contributed by atoms with Crippen LogP contribution in [0.25, 0.3) is 0 Å². The van der Waals surface area contributed by atoms with E-state index in [1.807, 2.05) is 0 Å². The van der Waals surface area contributed by atoms with Crippen molar-refractivity contribution in [2.45, 2.75) is 57.2 Å². The number of halogens is 1. The smallest absolute Gasteiger partial charge is 0.104 e. The maximum Gasteiger partial charge on any atom is 0.104 e. The van der Waals surface area contributed by atoms with Crippen molar-refractivity contribution in [2.75, 3.05) is 105 Å². The van der Waals surface area contributed by atoms with E-state index in [1.165, 1.54) is 0 Å². The summed E-state index contributed by atoms with van der Waals surface area (Å²) in [4.78, 5) is 0. The normalized spacial score (nSPS) is 21.5. The first-order valence-corrected chi connectivity index (χ1v) is 13.5. The molecule has 14 heteroatoms. The van der Waals surface area contributed by atoms with Gasteiger partial charge in [-0.05, 0) is 19.3 Å². The number of alkyl halides is 1. The summed E-state index contributed by atoms with van der Waals surface area (Å²) in [6, 6.07) is 0. The van der Waals surface area contributed by atoms with Crippen LogP contribution in [0.15, 0.2) is 0 Å². The summed E-state index contributed by atoms with van der Waals surface area (Å²) in [5.41, 5.74) is 0. The molecule has 238 valence electrons. The number of ether oxygens (including phenoxy) is 7. The molecule has 6 N–H and O–H groups in total. The SMILES string of the molecule is C.C(COCC1CO1)COCC1CO1.ClCC1CO1.OCC(O)COCCCOCC(O)CO.OCCCO. The van der Waals surface area contributed by atoms with Crippen molar-refractivity contribution in [3.63, 3.8) is 0 Å². The molecule has 3 aliphatic rings. The molecule has 3 aliphatic heterocycles. The van der Waals surface area contributed by atoms with E-state index in [2.05, 4.69) is 0 Å². The lowest BCUT2D eigenvalue weighted by atomic mass is 10.4. The highest BCUT2D eigenvalue weighted by Crippen LogP contribution is 2.10. The van der Waals surface area contributed by atoms with Gasteiger partial charge >= 0.3 is 0 Å². The third-order valence-corrected chi connectivity index (χ3v) is 4.84. The molecule has 5 unspecified atom stereocenters. The molecule has 0 aliphatic carbocycles. The first kappa shape index (κ1) is 40.9. The number of aliphatic hydroxyl groups is 6. The molecule has 3 saturated heterocycles. The summed E-state index contributed by atoms with van der Waals surface area (Å²) in [7, 11) is 0. The minimum absolute atomic E-state index is 0. The number of rotatable bonds is 21. The van der Waals surface area contributed by atoms with E-state index in [4.69, 9.17) is 75.4 Å². The lowest BCUT2D eigenvalue weighted by molar-refractivity contribution is -0.0149. The Hall–Kier alpha value is -0.230. The van der Waals surface area contributed by atoms with Gasteiger partial charge in [0.25, 0.3) is 0 Å². The first-order valence-electron chi connectivity index (χ1n) is 13.0. The summed E-state index contributed by atoms with van der Waals surface area (Å²) < 4.78 is 35.5.